The van der Waals surface area contributed by atoms with Gasteiger partial charge in [0.05, 0.1) is 6.26 Å². The Morgan fingerprint density at radius 3 is 2.90 bits per heavy atom. The van der Waals surface area contributed by atoms with Crippen LogP contribution in [0.25, 0.3) is 0 Å². The summed E-state index contributed by atoms with van der Waals surface area (Å²) < 4.78 is 5.08. The Labute approximate surface area is 61.8 Å². The van der Waals surface area contributed by atoms with E-state index < -0.39 is 0 Å². The first-order valence-corrected chi connectivity index (χ1v) is 3.35. The van der Waals surface area contributed by atoms with Crippen molar-refractivity contribution in [3.05, 3.63) is 25.0 Å². The van der Waals surface area contributed by atoms with Crippen LogP contribution in [-0.4, -0.2) is 17.8 Å². The van der Waals surface area contributed by atoms with Crippen LogP contribution in [0, 0.1) is 0 Å². The lowest BCUT2D eigenvalue weighted by Crippen LogP contribution is -1.96. The van der Waals surface area contributed by atoms with Crippen LogP contribution in [-0.2, 0) is 4.74 Å². The molecule has 2 heteroatoms. The van der Waals surface area contributed by atoms with Crippen molar-refractivity contribution < 1.29 is 9.84 Å². The molecule has 0 saturated heterocycles. The second-order valence-corrected chi connectivity index (χ2v) is 1.96. The summed E-state index contributed by atoms with van der Waals surface area (Å²) in [4.78, 5) is 0. The fourth-order valence-electron chi connectivity index (χ4n) is 0.378. The number of hydrogen-bond donors (Lipinski definition) is 1. The van der Waals surface area contributed by atoms with Gasteiger partial charge in [-0.25, -0.2) is 0 Å². The molecule has 0 spiro atoms. The summed E-state index contributed by atoms with van der Waals surface area (Å²) in [6, 6.07) is 0. The highest BCUT2D eigenvalue weighted by atomic mass is 16.5. The van der Waals surface area contributed by atoms with Gasteiger partial charge in [0.15, 0.2) is 0 Å². The van der Waals surface area contributed by atoms with Crippen LogP contribution >= 0.6 is 0 Å². The Morgan fingerprint density at radius 2 is 2.40 bits per heavy atom. The molecule has 0 heterocycles. The minimum Gasteiger partial charge on any atom is -0.495 e. The summed E-state index contributed by atoms with van der Waals surface area (Å²) in [6.45, 7) is 5.62. The third-order valence-electron chi connectivity index (χ3n) is 1.02. The van der Waals surface area contributed by atoms with Gasteiger partial charge in [0.1, 0.15) is 6.10 Å². The molecule has 0 saturated carbocycles. The Kier molecular flexibility index (Phi) is 5.88. The Hall–Kier alpha value is -0.760. The van der Waals surface area contributed by atoms with Crippen LogP contribution in [0.2, 0.25) is 0 Å². The molecule has 0 aromatic heterocycles. The average Bonchev–Trinajstić information content (AvgIpc) is 1.98. The van der Waals surface area contributed by atoms with Crippen LogP contribution in [0.5, 0.6) is 0 Å². The molecular weight excluding hydrogens is 128 g/mol. The zero-order chi connectivity index (χ0) is 7.82. The Balaban J connectivity index is 3.24. The molecule has 1 N–H and O–H groups in total. The second kappa shape index (κ2) is 6.36. The molecule has 0 aromatic carbocycles. The van der Waals surface area contributed by atoms with Crippen LogP contribution < -0.4 is 0 Å². The molecule has 0 bridgehead atoms. The van der Waals surface area contributed by atoms with Crippen molar-refractivity contribution in [1.82, 2.24) is 0 Å². The molecule has 0 aromatic rings. The molecule has 0 radical (unpaired) electrons. The maximum Gasteiger partial charge on any atom is 0.113 e. The van der Waals surface area contributed by atoms with Gasteiger partial charge < -0.3 is 9.84 Å². The van der Waals surface area contributed by atoms with Gasteiger partial charge in [-0.15, -0.1) is 0 Å². The highest BCUT2D eigenvalue weighted by molar-refractivity contribution is 4.80. The zero-order valence-electron chi connectivity index (χ0n) is 6.29. The van der Waals surface area contributed by atoms with Gasteiger partial charge in [-0.2, -0.15) is 0 Å². The Morgan fingerprint density at radius 1 is 1.70 bits per heavy atom. The lowest BCUT2D eigenvalue weighted by atomic mass is 10.4. The van der Waals surface area contributed by atoms with E-state index >= 15 is 0 Å². The maximum atomic E-state index is 8.36. The van der Waals surface area contributed by atoms with Crippen molar-refractivity contribution in [2.24, 2.45) is 0 Å². The van der Waals surface area contributed by atoms with Crippen molar-refractivity contribution in [3.63, 3.8) is 0 Å². The van der Waals surface area contributed by atoms with Gasteiger partial charge >= 0.3 is 0 Å². The molecule has 0 aliphatic heterocycles. The second-order valence-electron chi connectivity index (χ2n) is 1.96. The minimum absolute atomic E-state index is 0.0509. The van der Waals surface area contributed by atoms with E-state index in [1.54, 1.807) is 18.4 Å². The van der Waals surface area contributed by atoms with Crippen LogP contribution in [0.4, 0.5) is 0 Å². The zero-order valence-corrected chi connectivity index (χ0v) is 6.29. The average molecular weight is 142 g/mol. The van der Waals surface area contributed by atoms with Crippen molar-refractivity contribution in [1.29, 1.82) is 0 Å². The predicted octanol–water partition coefficient (Wildman–Crippen LogP) is 1.47. The van der Waals surface area contributed by atoms with E-state index in [4.69, 9.17) is 9.84 Å². The molecule has 2 nitrogen and oxygen atoms in total. The highest BCUT2D eigenvalue weighted by Gasteiger charge is 1.87. The topological polar surface area (TPSA) is 29.5 Å². The minimum atomic E-state index is 0.0509. The lowest BCUT2D eigenvalue weighted by molar-refractivity contribution is 0.202. The summed E-state index contributed by atoms with van der Waals surface area (Å²) in [7, 11) is 0. The summed E-state index contributed by atoms with van der Waals surface area (Å²) in [6.07, 6.45) is 5.77. The number of aliphatic hydroxyl groups is 1. The monoisotopic (exact) mass is 142 g/mol. The van der Waals surface area contributed by atoms with E-state index in [1.165, 1.54) is 0 Å². The standard InChI is InChI=1S/C8H14O2/c1-3-8(2)10-7-5-4-6-9/h3,5,7-9H,1,4,6H2,2H3. The molecule has 0 aliphatic rings. The van der Waals surface area contributed by atoms with Gasteiger partial charge in [-0.3, -0.25) is 0 Å². The molecule has 1 unspecified atom stereocenters. The third-order valence-corrected chi connectivity index (χ3v) is 1.02. The molecular formula is C8H14O2. The molecule has 1 atom stereocenters. The Bertz CT molecular complexity index is 108. The lowest BCUT2D eigenvalue weighted by Gasteiger charge is -2.03. The summed E-state index contributed by atoms with van der Waals surface area (Å²) >= 11 is 0. The first-order chi connectivity index (χ1) is 4.81. The molecule has 0 aliphatic carbocycles. The summed E-state index contributed by atoms with van der Waals surface area (Å²) in [5, 5.41) is 8.36. The van der Waals surface area contributed by atoms with E-state index in [1.807, 2.05) is 6.92 Å². The van der Waals surface area contributed by atoms with Crippen molar-refractivity contribution in [2.75, 3.05) is 6.61 Å². The highest BCUT2D eigenvalue weighted by Crippen LogP contribution is 1.92. The normalized spacial score (nSPS) is 13.4. The smallest absolute Gasteiger partial charge is 0.113 e. The number of ether oxygens (including phenoxy) is 1. The van der Waals surface area contributed by atoms with Crippen LogP contribution in [0.1, 0.15) is 13.3 Å². The number of hydrogen-bond acceptors (Lipinski definition) is 2. The largest absolute Gasteiger partial charge is 0.495 e. The SMILES string of the molecule is C=CC(C)OC=CCCO. The van der Waals surface area contributed by atoms with Crippen LogP contribution in [0.3, 0.4) is 0 Å². The van der Waals surface area contributed by atoms with Crippen molar-refractivity contribution in [2.45, 2.75) is 19.4 Å². The van der Waals surface area contributed by atoms with E-state index in [0.29, 0.717) is 6.42 Å². The maximum absolute atomic E-state index is 8.36. The predicted molar refractivity (Wildman–Crippen MR) is 41.6 cm³/mol. The van der Waals surface area contributed by atoms with Gasteiger partial charge in [0.25, 0.3) is 0 Å². The third kappa shape index (κ3) is 5.38. The van der Waals surface area contributed by atoms with E-state index in [0.717, 1.165) is 0 Å². The van der Waals surface area contributed by atoms with Gasteiger partial charge in [0.2, 0.25) is 0 Å². The van der Waals surface area contributed by atoms with Gasteiger partial charge in [0, 0.05) is 6.61 Å². The molecule has 0 fully saturated rings. The molecule has 0 amide bonds. The van der Waals surface area contributed by atoms with Gasteiger partial charge in [-0.1, -0.05) is 12.7 Å². The van der Waals surface area contributed by atoms with E-state index in [9.17, 15) is 0 Å². The van der Waals surface area contributed by atoms with Crippen molar-refractivity contribution in [3.8, 4) is 0 Å². The first-order valence-electron chi connectivity index (χ1n) is 3.35. The van der Waals surface area contributed by atoms with Crippen molar-refractivity contribution >= 4 is 0 Å². The molecule has 0 rings (SSSR count). The number of aliphatic hydroxyl groups excluding tert-OH is 1. The van der Waals surface area contributed by atoms with Crippen LogP contribution in [0.15, 0.2) is 25.0 Å². The summed E-state index contributed by atoms with van der Waals surface area (Å²) in [5.74, 6) is 0. The summed E-state index contributed by atoms with van der Waals surface area (Å²) in [5.41, 5.74) is 0. The van der Waals surface area contributed by atoms with E-state index in [-0.39, 0.29) is 12.7 Å². The van der Waals surface area contributed by atoms with Gasteiger partial charge in [-0.05, 0) is 19.4 Å². The first kappa shape index (κ1) is 9.24. The fraction of sp³-hybridized carbons (Fsp3) is 0.500. The number of rotatable bonds is 5. The fourth-order valence-corrected chi connectivity index (χ4v) is 0.378. The van der Waals surface area contributed by atoms with E-state index in [2.05, 4.69) is 6.58 Å². The quantitative estimate of drug-likeness (QED) is 0.465. The molecule has 10 heavy (non-hydrogen) atoms. The molecule has 58 valence electrons.